The van der Waals surface area contributed by atoms with Crippen molar-refractivity contribution in [3.05, 3.63) is 29.3 Å². The molecule has 0 bridgehead atoms. The first-order chi connectivity index (χ1) is 11.1. The van der Waals surface area contributed by atoms with Crippen molar-refractivity contribution in [3.8, 4) is 5.75 Å². The van der Waals surface area contributed by atoms with Crippen molar-refractivity contribution in [1.29, 1.82) is 0 Å². The van der Waals surface area contributed by atoms with Gasteiger partial charge in [0.15, 0.2) is 0 Å². The van der Waals surface area contributed by atoms with Gasteiger partial charge in [0.05, 0.1) is 0 Å². The number of hydrogen-bond donors (Lipinski definition) is 1. The van der Waals surface area contributed by atoms with E-state index in [1.165, 1.54) is 32.4 Å². The van der Waals surface area contributed by atoms with Gasteiger partial charge in [-0.15, -0.1) is 0 Å². The van der Waals surface area contributed by atoms with Gasteiger partial charge in [-0.3, -0.25) is 4.79 Å². The van der Waals surface area contributed by atoms with Crippen LogP contribution in [-0.4, -0.2) is 53.0 Å². The van der Waals surface area contributed by atoms with E-state index in [0.717, 1.165) is 37.9 Å². The molecule has 2 aliphatic rings. The number of likely N-dealkylation sites (tertiary alicyclic amines) is 2. The smallest absolute Gasteiger partial charge is 0.254 e. The number of rotatable bonds is 4. The first kappa shape index (κ1) is 16.3. The standard InChI is InChI=1S/C19H28N2O2/c1-15-14-16(7-8-18(15)22)19(23)21-12-3-2-6-17(21)9-13-20-10-4-5-11-20/h7-8,14,17,22H,2-6,9-13H2,1H3/t17-/m0/s1. The van der Waals surface area contributed by atoms with Gasteiger partial charge in [-0.05, 0) is 82.3 Å². The zero-order chi connectivity index (χ0) is 16.2. The summed E-state index contributed by atoms with van der Waals surface area (Å²) in [6.45, 7) is 6.26. The van der Waals surface area contributed by atoms with E-state index in [1.807, 2.05) is 13.0 Å². The molecule has 0 spiro atoms. The van der Waals surface area contributed by atoms with Crippen LogP contribution in [0.15, 0.2) is 18.2 Å². The molecule has 0 unspecified atom stereocenters. The number of phenols is 1. The Morgan fingerprint density at radius 2 is 1.91 bits per heavy atom. The van der Waals surface area contributed by atoms with Gasteiger partial charge in [0.25, 0.3) is 5.91 Å². The summed E-state index contributed by atoms with van der Waals surface area (Å²) in [4.78, 5) is 17.5. The van der Waals surface area contributed by atoms with Gasteiger partial charge in [0.2, 0.25) is 0 Å². The minimum Gasteiger partial charge on any atom is -0.508 e. The Bertz CT molecular complexity index is 552. The molecule has 2 saturated heterocycles. The summed E-state index contributed by atoms with van der Waals surface area (Å²) in [7, 11) is 0. The number of hydrogen-bond acceptors (Lipinski definition) is 3. The number of carbonyl (C=O) groups is 1. The van der Waals surface area contributed by atoms with Crippen LogP contribution in [0.25, 0.3) is 0 Å². The highest BCUT2D eigenvalue weighted by atomic mass is 16.3. The Kier molecular flexibility index (Phi) is 5.21. The number of aromatic hydroxyl groups is 1. The average molecular weight is 316 g/mol. The zero-order valence-electron chi connectivity index (χ0n) is 14.1. The number of benzene rings is 1. The lowest BCUT2D eigenvalue weighted by Gasteiger charge is -2.37. The van der Waals surface area contributed by atoms with Crippen LogP contribution in [0.5, 0.6) is 5.75 Å². The molecule has 1 atom stereocenters. The normalized spacial score (nSPS) is 22.5. The molecule has 1 aromatic rings. The van der Waals surface area contributed by atoms with Crippen molar-refractivity contribution in [3.63, 3.8) is 0 Å². The predicted octanol–water partition coefficient (Wildman–Crippen LogP) is 3.18. The van der Waals surface area contributed by atoms with Crippen molar-refractivity contribution < 1.29 is 9.90 Å². The molecule has 1 amide bonds. The van der Waals surface area contributed by atoms with E-state index in [2.05, 4.69) is 9.80 Å². The Balaban J connectivity index is 1.66. The quantitative estimate of drug-likeness (QED) is 0.928. The van der Waals surface area contributed by atoms with E-state index in [1.54, 1.807) is 12.1 Å². The monoisotopic (exact) mass is 316 g/mol. The van der Waals surface area contributed by atoms with Crippen molar-refractivity contribution >= 4 is 5.91 Å². The molecule has 23 heavy (non-hydrogen) atoms. The summed E-state index contributed by atoms with van der Waals surface area (Å²) in [5.74, 6) is 0.380. The summed E-state index contributed by atoms with van der Waals surface area (Å²) in [6, 6.07) is 5.55. The molecule has 0 aliphatic carbocycles. The third-order valence-corrected chi connectivity index (χ3v) is 5.31. The van der Waals surface area contributed by atoms with Crippen molar-refractivity contribution in [2.75, 3.05) is 26.2 Å². The second kappa shape index (κ2) is 7.35. The summed E-state index contributed by atoms with van der Waals surface area (Å²) >= 11 is 0. The summed E-state index contributed by atoms with van der Waals surface area (Å²) in [6.07, 6.45) is 7.17. The minimum absolute atomic E-state index is 0.124. The van der Waals surface area contributed by atoms with Crippen LogP contribution in [0, 0.1) is 6.92 Å². The van der Waals surface area contributed by atoms with E-state index >= 15 is 0 Å². The molecule has 0 saturated carbocycles. The van der Waals surface area contributed by atoms with Gasteiger partial charge in [-0.1, -0.05) is 0 Å². The topological polar surface area (TPSA) is 43.8 Å². The number of phenolic OH excluding ortho intramolecular Hbond substituents is 1. The third-order valence-electron chi connectivity index (χ3n) is 5.31. The van der Waals surface area contributed by atoms with Gasteiger partial charge in [0.1, 0.15) is 5.75 Å². The maximum absolute atomic E-state index is 12.9. The molecule has 4 nitrogen and oxygen atoms in total. The van der Waals surface area contributed by atoms with E-state index in [-0.39, 0.29) is 11.7 Å². The lowest BCUT2D eigenvalue weighted by Crippen LogP contribution is -2.45. The lowest BCUT2D eigenvalue weighted by molar-refractivity contribution is 0.0588. The molecule has 2 fully saturated rings. The molecule has 4 heteroatoms. The van der Waals surface area contributed by atoms with Crippen LogP contribution in [0.3, 0.4) is 0 Å². The predicted molar refractivity (Wildman–Crippen MR) is 91.8 cm³/mol. The molecule has 1 N–H and O–H groups in total. The number of nitrogens with zero attached hydrogens (tertiary/aromatic N) is 2. The van der Waals surface area contributed by atoms with Crippen molar-refractivity contribution in [2.24, 2.45) is 0 Å². The molecule has 2 heterocycles. The SMILES string of the molecule is Cc1cc(C(=O)N2CCCC[C@H]2CCN2CCCC2)ccc1O. The van der Waals surface area contributed by atoms with Crippen LogP contribution in [0.4, 0.5) is 0 Å². The summed E-state index contributed by atoms with van der Waals surface area (Å²) < 4.78 is 0. The second-order valence-corrected chi connectivity index (χ2v) is 6.99. The van der Waals surface area contributed by atoms with Gasteiger partial charge in [-0.25, -0.2) is 0 Å². The fraction of sp³-hybridized carbons (Fsp3) is 0.632. The summed E-state index contributed by atoms with van der Waals surface area (Å²) in [5, 5.41) is 9.66. The van der Waals surface area contributed by atoms with Crippen LogP contribution in [-0.2, 0) is 0 Å². The Morgan fingerprint density at radius 1 is 1.17 bits per heavy atom. The number of amides is 1. The molecule has 0 aromatic heterocycles. The lowest BCUT2D eigenvalue weighted by atomic mass is 9.97. The van der Waals surface area contributed by atoms with Crippen LogP contribution >= 0.6 is 0 Å². The Hall–Kier alpha value is -1.55. The van der Waals surface area contributed by atoms with Gasteiger partial charge >= 0.3 is 0 Å². The van der Waals surface area contributed by atoms with Crippen LogP contribution in [0.1, 0.15) is 54.4 Å². The Labute approximate surface area is 139 Å². The van der Waals surface area contributed by atoms with Crippen LogP contribution < -0.4 is 0 Å². The molecule has 126 valence electrons. The maximum Gasteiger partial charge on any atom is 0.254 e. The van der Waals surface area contributed by atoms with Gasteiger partial charge < -0.3 is 14.9 Å². The fourth-order valence-corrected chi connectivity index (χ4v) is 3.86. The molecule has 1 aromatic carbocycles. The van der Waals surface area contributed by atoms with Crippen molar-refractivity contribution in [2.45, 2.75) is 51.5 Å². The van der Waals surface area contributed by atoms with Crippen molar-refractivity contribution in [1.82, 2.24) is 9.80 Å². The number of piperidine rings is 1. The summed E-state index contributed by atoms with van der Waals surface area (Å²) in [5.41, 5.74) is 1.47. The first-order valence-electron chi connectivity index (χ1n) is 8.98. The number of aryl methyl sites for hydroxylation is 1. The molecule has 2 aliphatic heterocycles. The highest BCUT2D eigenvalue weighted by molar-refractivity contribution is 5.94. The molecular formula is C19H28N2O2. The molecule has 3 rings (SSSR count). The second-order valence-electron chi connectivity index (χ2n) is 6.99. The highest BCUT2D eigenvalue weighted by Gasteiger charge is 2.28. The average Bonchev–Trinajstić information content (AvgIpc) is 3.08. The van der Waals surface area contributed by atoms with Gasteiger partial charge in [0, 0.05) is 24.7 Å². The Morgan fingerprint density at radius 3 is 2.65 bits per heavy atom. The number of carbonyl (C=O) groups excluding carboxylic acids is 1. The highest BCUT2D eigenvalue weighted by Crippen LogP contribution is 2.25. The maximum atomic E-state index is 12.9. The van der Waals surface area contributed by atoms with E-state index in [4.69, 9.17) is 0 Å². The van der Waals surface area contributed by atoms with E-state index in [0.29, 0.717) is 11.6 Å². The largest absolute Gasteiger partial charge is 0.508 e. The first-order valence-corrected chi connectivity index (χ1v) is 8.98. The van der Waals surface area contributed by atoms with Gasteiger partial charge in [-0.2, -0.15) is 0 Å². The minimum atomic E-state index is 0.124. The third kappa shape index (κ3) is 3.86. The molecule has 0 radical (unpaired) electrons. The zero-order valence-corrected chi connectivity index (χ0v) is 14.1. The van der Waals surface area contributed by atoms with E-state index in [9.17, 15) is 9.90 Å². The molecular weight excluding hydrogens is 288 g/mol. The van der Waals surface area contributed by atoms with E-state index < -0.39 is 0 Å². The fourth-order valence-electron chi connectivity index (χ4n) is 3.86. The van der Waals surface area contributed by atoms with Crippen LogP contribution in [0.2, 0.25) is 0 Å².